The van der Waals surface area contributed by atoms with Gasteiger partial charge in [-0.3, -0.25) is 4.79 Å². The van der Waals surface area contributed by atoms with Gasteiger partial charge in [-0.25, -0.2) is 9.78 Å². The second-order valence-electron chi connectivity index (χ2n) is 4.39. The average molecular weight is 286 g/mol. The zero-order valence-corrected chi connectivity index (χ0v) is 11.1. The first-order valence-electron chi connectivity index (χ1n) is 6.27. The third kappa shape index (κ3) is 3.87. The fourth-order valence-electron chi connectivity index (χ4n) is 1.73. The summed E-state index contributed by atoms with van der Waals surface area (Å²) >= 11 is 0. The first-order chi connectivity index (χ1) is 10.1. The van der Waals surface area contributed by atoms with Crippen LogP contribution in [-0.4, -0.2) is 27.1 Å². The number of aromatic carboxylic acids is 1. The number of carbonyl (C=O) groups excluding carboxylic acids is 1. The maximum atomic E-state index is 11.8. The molecule has 1 heterocycles. The zero-order chi connectivity index (χ0) is 15.2. The van der Waals surface area contributed by atoms with Gasteiger partial charge in [0.1, 0.15) is 5.69 Å². The van der Waals surface area contributed by atoms with Crippen molar-refractivity contribution in [3.63, 3.8) is 0 Å². The number of rotatable bonds is 5. The molecule has 0 spiro atoms. The monoisotopic (exact) mass is 286 g/mol. The highest BCUT2D eigenvalue weighted by Gasteiger charge is 2.16. The Morgan fingerprint density at radius 3 is 2.43 bits per heavy atom. The van der Waals surface area contributed by atoms with Gasteiger partial charge in [-0.2, -0.15) is 0 Å². The number of nitrogens with one attached hydrogen (secondary N) is 1. The lowest BCUT2D eigenvalue weighted by molar-refractivity contribution is -0.129. The van der Waals surface area contributed by atoms with Crippen molar-refractivity contribution in [3.05, 3.63) is 65.5 Å². The van der Waals surface area contributed by atoms with E-state index in [2.05, 4.69) is 10.3 Å². The van der Waals surface area contributed by atoms with Crippen molar-refractivity contribution >= 4 is 11.9 Å². The van der Waals surface area contributed by atoms with E-state index in [0.29, 0.717) is 11.1 Å². The van der Waals surface area contributed by atoms with Gasteiger partial charge in [0.15, 0.2) is 6.10 Å². The molecule has 0 aliphatic heterocycles. The average Bonchev–Trinajstić information content (AvgIpc) is 2.53. The van der Waals surface area contributed by atoms with E-state index in [-0.39, 0.29) is 12.2 Å². The Bertz CT molecular complexity index is 626. The Morgan fingerprint density at radius 1 is 1.14 bits per heavy atom. The summed E-state index contributed by atoms with van der Waals surface area (Å²) in [5.41, 5.74) is 1.09. The number of amides is 1. The smallest absolute Gasteiger partial charge is 0.354 e. The summed E-state index contributed by atoms with van der Waals surface area (Å²) in [6.45, 7) is 0.162. The van der Waals surface area contributed by atoms with Crippen LogP contribution >= 0.6 is 0 Å². The molecule has 0 aliphatic carbocycles. The summed E-state index contributed by atoms with van der Waals surface area (Å²) in [6.07, 6.45) is 0.135. The van der Waals surface area contributed by atoms with E-state index in [1.54, 1.807) is 36.4 Å². The molecule has 0 radical (unpaired) electrons. The standard InChI is InChI=1S/C15H14N2O4/c18-13(11-4-2-1-3-5-11)14(19)17-9-10-6-7-12(15(20)21)16-8-10/h1-8,13,18H,9H2,(H,17,19)(H,20,21). The predicted octanol–water partition coefficient (Wildman–Crippen LogP) is 1.13. The molecular weight excluding hydrogens is 272 g/mol. The molecule has 108 valence electrons. The van der Waals surface area contributed by atoms with Gasteiger partial charge in [0, 0.05) is 12.7 Å². The summed E-state index contributed by atoms with van der Waals surface area (Å²) in [6, 6.07) is 11.5. The van der Waals surface area contributed by atoms with E-state index < -0.39 is 18.0 Å². The van der Waals surface area contributed by atoms with Crippen LogP contribution in [0.5, 0.6) is 0 Å². The Kier molecular flexibility index (Phi) is 4.63. The van der Waals surface area contributed by atoms with Crippen LogP contribution in [0.2, 0.25) is 0 Å². The van der Waals surface area contributed by atoms with Crippen molar-refractivity contribution in [2.24, 2.45) is 0 Å². The maximum Gasteiger partial charge on any atom is 0.354 e. The quantitative estimate of drug-likeness (QED) is 0.765. The van der Waals surface area contributed by atoms with E-state index in [4.69, 9.17) is 5.11 Å². The lowest BCUT2D eigenvalue weighted by Gasteiger charge is -2.11. The minimum Gasteiger partial charge on any atom is -0.477 e. The van der Waals surface area contributed by atoms with Gasteiger partial charge in [-0.15, -0.1) is 0 Å². The zero-order valence-electron chi connectivity index (χ0n) is 11.1. The van der Waals surface area contributed by atoms with Crippen molar-refractivity contribution in [2.45, 2.75) is 12.6 Å². The molecule has 0 fully saturated rings. The minimum atomic E-state index is -1.24. The van der Waals surface area contributed by atoms with Crippen molar-refractivity contribution in [2.75, 3.05) is 0 Å². The molecule has 1 atom stereocenters. The van der Waals surface area contributed by atoms with Crippen LogP contribution < -0.4 is 5.32 Å². The van der Waals surface area contributed by atoms with Gasteiger partial charge in [-0.05, 0) is 17.2 Å². The van der Waals surface area contributed by atoms with Gasteiger partial charge in [0.25, 0.3) is 5.91 Å². The molecule has 21 heavy (non-hydrogen) atoms. The Hall–Kier alpha value is -2.73. The lowest BCUT2D eigenvalue weighted by atomic mass is 10.1. The molecule has 6 heteroatoms. The van der Waals surface area contributed by atoms with Gasteiger partial charge in [-0.1, -0.05) is 36.4 Å². The van der Waals surface area contributed by atoms with E-state index in [9.17, 15) is 14.7 Å². The molecule has 0 saturated carbocycles. The summed E-state index contributed by atoms with van der Waals surface area (Å²) in [5, 5.41) is 21.2. The fraction of sp³-hybridized carbons (Fsp3) is 0.133. The second-order valence-corrected chi connectivity index (χ2v) is 4.39. The van der Waals surface area contributed by atoms with Gasteiger partial charge in [0.2, 0.25) is 0 Å². The summed E-state index contributed by atoms with van der Waals surface area (Å²) in [4.78, 5) is 26.2. The number of hydrogen-bond acceptors (Lipinski definition) is 4. The highest BCUT2D eigenvalue weighted by molar-refractivity contribution is 5.85. The van der Waals surface area contributed by atoms with Crippen LogP contribution in [0.15, 0.2) is 48.7 Å². The molecule has 6 nitrogen and oxygen atoms in total. The first kappa shape index (κ1) is 14.7. The molecule has 1 aromatic heterocycles. The molecule has 0 saturated heterocycles. The normalized spacial score (nSPS) is 11.7. The maximum absolute atomic E-state index is 11.8. The number of carboxylic acid groups (broad SMARTS) is 1. The van der Waals surface area contributed by atoms with Crippen LogP contribution in [0.3, 0.4) is 0 Å². The van der Waals surface area contributed by atoms with Gasteiger partial charge >= 0.3 is 5.97 Å². The molecule has 1 amide bonds. The number of aliphatic hydroxyl groups is 1. The number of benzene rings is 1. The van der Waals surface area contributed by atoms with Crippen LogP contribution in [0.4, 0.5) is 0 Å². The summed E-state index contributed by atoms with van der Waals surface area (Å²) < 4.78 is 0. The van der Waals surface area contributed by atoms with Crippen LogP contribution in [-0.2, 0) is 11.3 Å². The van der Waals surface area contributed by atoms with Crippen molar-refractivity contribution in [1.82, 2.24) is 10.3 Å². The first-order valence-corrected chi connectivity index (χ1v) is 6.27. The van der Waals surface area contributed by atoms with Crippen LogP contribution in [0.1, 0.15) is 27.7 Å². The number of aromatic nitrogens is 1. The number of carbonyl (C=O) groups is 2. The highest BCUT2D eigenvalue weighted by atomic mass is 16.4. The van der Waals surface area contributed by atoms with Crippen molar-refractivity contribution in [3.8, 4) is 0 Å². The Balaban J connectivity index is 1.93. The number of pyridine rings is 1. The van der Waals surface area contributed by atoms with Crippen molar-refractivity contribution in [1.29, 1.82) is 0 Å². The topological polar surface area (TPSA) is 99.5 Å². The Labute approximate surface area is 121 Å². The number of hydrogen-bond donors (Lipinski definition) is 3. The van der Waals surface area contributed by atoms with Gasteiger partial charge in [0.05, 0.1) is 0 Å². The lowest BCUT2D eigenvalue weighted by Crippen LogP contribution is -2.28. The SMILES string of the molecule is O=C(O)c1ccc(CNC(=O)C(O)c2ccccc2)cn1. The molecule has 1 aromatic carbocycles. The number of aliphatic hydroxyl groups excluding tert-OH is 1. The highest BCUT2D eigenvalue weighted by Crippen LogP contribution is 2.12. The fourth-order valence-corrected chi connectivity index (χ4v) is 1.73. The van der Waals surface area contributed by atoms with E-state index in [1.165, 1.54) is 12.3 Å². The van der Waals surface area contributed by atoms with E-state index >= 15 is 0 Å². The van der Waals surface area contributed by atoms with E-state index in [0.717, 1.165) is 0 Å². The van der Waals surface area contributed by atoms with E-state index in [1.807, 2.05) is 0 Å². The summed E-state index contributed by atoms with van der Waals surface area (Å²) in [7, 11) is 0. The Morgan fingerprint density at radius 2 is 1.86 bits per heavy atom. The molecule has 3 N–H and O–H groups in total. The number of carboxylic acids is 1. The van der Waals surface area contributed by atoms with Crippen LogP contribution in [0, 0.1) is 0 Å². The largest absolute Gasteiger partial charge is 0.477 e. The van der Waals surface area contributed by atoms with Crippen LogP contribution in [0.25, 0.3) is 0 Å². The molecule has 0 bridgehead atoms. The molecule has 2 aromatic rings. The molecule has 0 aliphatic rings. The van der Waals surface area contributed by atoms with Crippen molar-refractivity contribution < 1.29 is 19.8 Å². The molecule has 1 unspecified atom stereocenters. The van der Waals surface area contributed by atoms with Gasteiger partial charge < -0.3 is 15.5 Å². The second kappa shape index (κ2) is 6.62. The molecule has 2 rings (SSSR count). The molecular formula is C15H14N2O4. The number of nitrogens with zero attached hydrogens (tertiary/aromatic N) is 1. The third-order valence-electron chi connectivity index (χ3n) is 2.87. The third-order valence-corrected chi connectivity index (χ3v) is 2.87. The minimum absolute atomic E-state index is 0.0607. The summed E-state index contributed by atoms with van der Waals surface area (Å²) in [5.74, 6) is -1.63. The predicted molar refractivity (Wildman–Crippen MR) is 74.4 cm³/mol.